The van der Waals surface area contributed by atoms with Gasteiger partial charge in [0.1, 0.15) is 0 Å². The molecular weight excluding hydrogens is 419 g/mol. The van der Waals surface area contributed by atoms with Crippen LogP contribution in [-0.2, 0) is 16.4 Å². The molecule has 2 atom stereocenters. The zero-order valence-electron chi connectivity index (χ0n) is 12.2. The summed E-state index contributed by atoms with van der Waals surface area (Å²) >= 11 is 2.20. The lowest BCUT2D eigenvalue weighted by atomic mass is 9.92. The van der Waals surface area contributed by atoms with Crippen molar-refractivity contribution in [2.75, 3.05) is 12.8 Å². The zero-order valence-corrected chi connectivity index (χ0v) is 15.2. The lowest BCUT2D eigenvalue weighted by Crippen LogP contribution is -2.57. The molecule has 2 N–H and O–H groups in total. The van der Waals surface area contributed by atoms with Gasteiger partial charge >= 0.3 is 6.09 Å². The molecule has 0 spiro atoms. The third-order valence-electron chi connectivity index (χ3n) is 3.72. The number of carboxylic acid groups (broad SMARTS) is 1. The molecule has 0 aromatic heterocycles. The van der Waals surface area contributed by atoms with Gasteiger partial charge in [-0.1, -0.05) is 12.1 Å². The highest BCUT2D eigenvalue weighted by atomic mass is 127. The van der Waals surface area contributed by atoms with Crippen molar-refractivity contribution in [3.05, 3.63) is 33.4 Å². The molecule has 122 valence electrons. The van der Waals surface area contributed by atoms with Crippen molar-refractivity contribution < 1.29 is 18.3 Å². The highest BCUT2D eigenvalue weighted by Crippen LogP contribution is 2.23. The first-order valence-electron chi connectivity index (χ1n) is 6.97. The molecule has 1 aromatic carbocycles. The summed E-state index contributed by atoms with van der Waals surface area (Å²) in [5.41, 5.74) is 1.00. The predicted molar refractivity (Wildman–Crippen MR) is 92.4 cm³/mol. The largest absolute Gasteiger partial charge is 0.465 e. The van der Waals surface area contributed by atoms with Crippen LogP contribution in [0.3, 0.4) is 0 Å². The molecule has 1 heterocycles. The Morgan fingerprint density at radius 2 is 2.23 bits per heavy atom. The average molecular weight is 438 g/mol. The Balaban J connectivity index is 2.26. The second kappa shape index (κ2) is 7.14. The van der Waals surface area contributed by atoms with Gasteiger partial charge in [-0.3, -0.25) is 0 Å². The number of hydrogen-bond acceptors (Lipinski definition) is 3. The molecule has 6 nitrogen and oxygen atoms in total. The van der Waals surface area contributed by atoms with E-state index >= 15 is 0 Å². The number of halogens is 1. The molecule has 1 aliphatic rings. The first-order chi connectivity index (χ1) is 10.3. The number of amides is 1. The third kappa shape index (κ3) is 4.82. The van der Waals surface area contributed by atoms with E-state index in [1.807, 2.05) is 24.3 Å². The van der Waals surface area contributed by atoms with Gasteiger partial charge in [-0.15, -0.1) is 0 Å². The normalized spacial score (nSPS) is 22.5. The van der Waals surface area contributed by atoms with Gasteiger partial charge in [-0.25, -0.2) is 17.9 Å². The summed E-state index contributed by atoms with van der Waals surface area (Å²) in [4.78, 5) is 12.8. The van der Waals surface area contributed by atoms with E-state index in [9.17, 15) is 18.3 Å². The Morgan fingerprint density at radius 3 is 2.82 bits per heavy atom. The first-order valence-corrected chi connectivity index (χ1v) is 9.94. The molecule has 1 amide bonds. The number of likely N-dealkylation sites (tertiary alicyclic amines) is 1. The van der Waals surface area contributed by atoms with Crippen LogP contribution in [-0.4, -0.2) is 49.4 Å². The molecule has 1 aromatic rings. The molecule has 1 saturated heterocycles. The number of rotatable bonds is 4. The molecular formula is C14H19IN2O4S. The maximum absolute atomic E-state index is 11.5. The van der Waals surface area contributed by atoms with Crippen molar-refractivity contribution in [2.45, 2.75) is 31.3 Å². The van der Waals surface area contributed by atoms with E-state index in [1.165, 1.54) is 4.90 Å². The Kier molecular flexibility index (Phi) is 5.67. The minimum absolute atomic E-state index is 0.390. The molecule has 0 saturated carbocycles. The van der Waals surface area contributed by atoms with E-state index in [-0.39, 0.29) is 6.04 Å². The van der Waals surface area contributed by atoms with Crippen LogP contribution >= 0.6 is 22.6 Å². The minimum Gasteiger partial charge on any atom is -0.465 e. The lowest BCUT2D eigenvalue weighted by molar-refractivity contribution is 0.0942. The smallest absolute Gasteiger partial charge is 0.407 e. The Bertz CT molecular complexity index is 650. The number of carbonyl (C=O) groups is 1. The summed E-state index contributed by atoms with van der Waals surface area (Å²) < 4.78 is 26.8. The summed E-state index contributed by atoms with van der Waals surface area (Å²) in [6, 6.07) is 7.04. The van der Waals surface area contributed by atoms with Gasteiger partial charge < -0.3 is 10.0 Å². The molecule has 8 heteroatoms. The fourth-order valence-corrected chi connectivity index (χ4v) is 4.30. The van der Waals surface area contributed by atoms with Crippen molar-refractivity contribution >= 4 is 38.7 Å². The fourth-order valence-electron chi connectivity index (χ4n) is 2.86. The Morgan fingerprint density at radius 1 is 1.50 bits per heavy atom. The quantitative estimate of drug-likeness (QED) is 0.704. The van der Waals surface area contributed by atoms with Crippen molar-refractivity contribution in [1.29, 1.82) is 0 Å². The second-order valence-electron chi connectivity index (χ2n) is 5.52. The van der Waals surface area contributed by atoms with Crippen LogP contribution in [0.25, 0.3) is 0 Å². The standard InChI is InChI=1S/C14H19IN2O4S/c1-22(20,21)16-12-6-3-7-17(14(18)19)13(12)9-10-4-2-5-11(15)8-10/h2,4-5,8,12-13,16H,3,6-7,9H2,1H3,(H,18,19). The number of piperidine rings is 1. The van der Waals surface area contributed by atoms with Crippen LogP contribution in [0.4, 0.5) is 4.79 Å². The van der Waals surface area contributed by atoms with Gasteiger partial charge in [0.15, 0.2) is 0 Å². The van der Waals surface area contributed by atoms with Crippen LogP contribution in [0.5, 0.6) is 0 Å². The number of nitrogens with zero attached hydrogens (tertiary/aromatic N) is 1. The van der Waals surface area contributed by atoms with E-state index in [1.54, 1.807) is 0 Å². The summed E-state index contributed by atoms with van der Waals surface area (Å²) in [6.45, 7) is 0.436. The molecule has 0 bridgehead atoms. The summed E-state index contributed by atoms with van der Waals surface area (Å²) in [5, 5.41) is 9.40. The van der Waals surface area contributed by atoms with Crippen LogP contribution in [0.15, 0.2) is 24.3 Å². The molecule has 22 heavy (non-hydrogen) atoms. The van der Waals surface area contributed by atoms with Crippen molar-refractivity contribution in [3.8, 4) is 0 Å². The van der Waals surface area contributed by atoms with Gasteiger partial charge in [0, 0.05) is 16.2 Å². The van der Waals surface area contributed by atoms with Crippen molar-refractivity contribution in [1.82, 2.24) is 9.62 Å². The monoisotopic (exact) mass is 438 g/mol. The third-order valence-corrected chi connectivity index (χ3v) is 5.13. The maximum Gasteiger partial charge on any atom is 0.407 e. The molecule has 0 radical (unpaired) electrons. The van der Waals surface area contributed by atoms with Gasteiger partial charge in [-0.05, 0) is 59.5 Å². The lowest BCUT2D eigenvalue weighted by Gasteiger charge is -2.39. The Hall–Kier alpha value is -0.870. The fraction of sp³-hybridized carbons (Fsp3) is 0.500. The highest BCUT2D eigenvalue weighted by molar-refractivity contribution is 14.1. The Labute approximate surface area is 144 Å². The van der Waals surface area contributed by atoms with Gasteiger partial charge in [-0.2, -0.15) is 0 Å². The highest BCUT2D eigenvalue weighted by Gasteiger charge is 2.35. The zero-order chi connectivity index (χ0) is 16.3. The maximum atomic E-state index is 11.5. The number of sulfonamides is 1. The van der Waals surface area contributed by atoms with E-state index in [4.69, 9.17) is 0 Å². The second-order valence-corrected chi connectivity index (χ2v) is 8.54. The minimum atomic E-state index is -3.38. The predicted octanol–water partition coefficient (Wildman–Crippen LogP) is 1.89. The van der Waals surface area contributed by atoms with Gasteiger partial charge in [0.05, 0.1) is 12.3 Å². The van der Waals surface area contributed by atoms with Gasteiger partial charge in [0.2, 0.25) is 10.0 Å². The van der Waals surface area contributed by atoms with E-state index < -0.39 is 22.2 Å². The van der Waals surface area contributed by atoms with Crippen LogP contribution < -0.4 is 4.72 Å². The average Bonchev–Trinajstić information content (AvgIpc) is 2.39. The number of benzene rings is 1. The molecule has 2 rings (SSSR count). The molecule has 0 aliphatic carbocycles. The summed E-state index contributed by atoms with van der Waals surface area (Å²) in [7, 11) is -3.38. The van der Waals surface area contributed by atoms with Crippen LogP contribution in [0.1, 0.15) is 18.4 Å². The molecule has 1 fully saturated rings. The van der Waals surface area contributed by atoms with Crippen LogP contribution in [0, 0.1) is 3.57 Å². The summed E-state index contributed by atoms with van der Waals surface area (Å²) in [6.07, 6.45) is 1.90. The van der Waals surface area contributed by atoms with Crippen molar-refractivity contribution in [2.24, 2.45) is 0 Å². The molecule has 2 unspecified atom stereocenters. The van der Waals surface area contributed by atoms with E-state index in [0.29, 0.717) is 25.8 Å². The molecule has 1 aliphatic heterocycles. The number of hydrogen-bond donors (Lipinski definition) is 2. The van der Waals surface area contributed by atoms with Crippen molar-refractivity contribution in [3.63, 3.8) is 0 Å². The van der Waals surface area contributed by atoms with E-state index in [0.717, 1.165) is 15.4 Å². The summed E-state index contributed by atoms with van der Waals surface area (Å²) in [5.74, 6) is 0. The van der Waals surface area contributed by atoms with Crippen LogP contribution in [0.2, 0.25) is 0 Å². The number of nitrogens with one attached hydrogen (secondary N) is 1. The van der Waals surface area contributed by atoms with E-state index in [2.05, 4.69) is 27.3 Å². The topological polar surface area (TPSA) is 86.7 Å². The van der Waals surface area contributed by atoms with Gasteiger partial charge in [0.25, 0.3) is 0 Å². The SMILES string of the molecule is CS(=O)(=O)NC1CCCN(C(=O)O)C1Cc1cccc(I)c1. The first kappa shape index (κ1) is 17.5.